The summed E-state index contributed by atoms with van der Waals surface area (Å²) in [5.41, 5.74) is 0.876. The predicted molar refractivity (Wildman–Crippen MR) is 57.6 cm³/mol. The van der Waals surface area contributed by atoms with E-state index < -0.39 is 6.10 Å². The first kappa shape index (κ1) is 10.1. The third-order valence-electron chi connectivity index (χ3n) is 3.25. The van der Waals surface area contributed by atoms with Gasteiger partial charge in [-0.15, -0.1) is 11.3 Å². The first-order chi connectivity index (χ1) is 6.69. The lowest BCUT2D eigenvalue weighted by molar-refractivity contribution is -0.150. The fraction of sp³-hybridized carbons (Fsp3) is 0.636. The topological polar surface area (TPSA) is 29.5 Å². The van der Waals surface area contributed by atoms with Gasteiger partial charge in [-0.05, 0) is 43.2 Å². The van der Waals surface area contributed by atoms with Gasteiger partial charge in [0.15, 0.2) is 0 Å². The van der Waals surface area contributed by atoms with E-state index in [9.17, 15) is 5.11 Å². The SMILES string of the molecule is COC1(C(O)c2sccc2C)CCC1. The Morgan fingerprint density at radius 1 is 1.57 bits per heavy atom. The van der Waals surface area contributed by atoms with Crippen LogP contribution in [0.15, 0.2) is 11.4 Å². The number of hydrogen-bond donors (Lipinski definition) is 1. The second-order valence-electron chi connectivity index (χ2n) is 3.99. The maximum absolute atomic E-state index is 10.2. The van der Waals surface area contributed by atoms with Crippen LogP contribution in [0.1, 0.15) is 35.8 Å². The van der Waals surface area contributed by atoms with Gasteiger partial charge in [0.05, 0.1) is 5.60 Å². The summed E-state index contributed by atoms with van der Waals surface area (Å²) < 4.78 is 5.47. The Morgan fingerprint density at radius 2 is 2.29 bits per heavy atom. The molecule has 0 aliphatic heterocycles. The Balaban J connectivity index is 2.22. The van der Waals surface area contributed by atoms with Gasteiger partial charge in [-0.3, -0.25) is 0 Å². The van der Waals surface area contributed by atoms with Crippen LogP contribution >= 0.6 is 11.3 Å². The molecule has 2 rings (SSSR count). The number of aryl methyl sites for hydroxylation is 1. The Labute approximate surface area is 88.5 Å². The molecule has 1 aliphatic rings. The minimum absolute atomic E-state index is 0.296. The number of aliphatic hydroxyl groups excluding tert-OH is 1. The van der Waals surface area contributed by atoms with E-state index in [-0.39, 0.29) is 5.60 Å². The van der Waals surface area contributed by atoms with Gasteiger partial charge in [-0.25, -0.2) is 0 Å². The first-order valence-electron chi connectivity index (χ1n) is 4.97. The minimum Gasteiger partial charge on any atom is -0.385 e. The van der Waals surface area contributed by atoms with E-state index in [0.29, 0.717) is 0 Å². The zero-order chi connectivity index (χ0) is 10.2. The van der Waals surface area contributed by atoms with Crippen molar-refractivity contribution in [3.63, 3.8) is 0 Å². The van der Waals surface area contributed by atoms with Crippen LogP contribution in [0.2, 0.25) is 0 Å². The summed E-state index contributed by atoms with van der Waals surface area (Å²) in [6.07, 6.45) is 2.67. The molecule has 0 saturated heterocycles. The lowest BCUT2D eigenvalue weighted by Gasteiger charge is -2.44. The number of methoxy groups -OCH3 is 1. The second kappa shape index (κ2) is 3.65. The molecular weight excluding hydrogens is 196 g/mol. The van der Waals surface area contributed by atoms with Crippen LogP contribution in [0.4, 0.5) is 0 Å². The normalized spacial score (nSPS) is 21.6. The monoisotopic (exact) mass is 212 g/mol. The van der Waals surface area contributed by atoms with Crippen molar-refractivity contribution in [2.45, 2.75) is 37.9 Å². The molecule has 0 radical (unpaired) electrons. The van der Waals surface area contributed by atoms with Crippen molar-refractivity contribution in [3.05, 3.63) is 21.9 Å². The van der Waals surface area contributed by atoms with E-state index in [0.717, 1.165) is 24.1 Å². The van der Waals surface area contributed by atoms with Crippen LogP contribution in [-0.2, 0) is 4.74 Å². The molecule has 1 fully saturated rings. The molecule has 14 heavy (non-hydrogen) atoms. The highest BCUT2D eigenvalue weighted by molar-refractivity contribution is 7.10. The average molecular weight is 212 g/mol. The summed E-state index contributed by atoms with van der Waals surface area (Å²) in [7, 11) is 1.70. The van der Waals surface area contributed by atoms with E-state index >= 15 is 0 Å². The molecule has 1 aromatic rings. The van der Waals surface area contributed by atoms with Crippen LogP contribution in [-0.4, -0.2) is 17.8 Å². The van der Waals surface area contributed by atoms with E-state index in [1.165, 1.54) is 5.56 Å². The fourth-order valence-electron chi connectivity index (χ4n) is 2.02. The molecular formula is C11H16O2S. The van der Waals surface area contributed by atoms with Crippen LogP contribution in [0.5, 0.6) is 0 Å². The molecule has 3 heteroatoms. The van der Waals surface area contributed by atoms with Crippen molar-refractivity contribution in [2.75, 3.05) is 7.11 Å². The Kier molecular flexibility index (Phi) is 2.64. The molecule has 1 N–H and O–H groups in total. The zero-order valence-electron chi connectivity index (χ0n) is 8.62. The average Bonchev–Trinajstić information content (AvgIpc) is 2.50. The lowest BCUT2D eigenvalue weighted by Crippen LogP contribution is -2.44. The molecule has 0 amide bonds. The molecule has 0 aromatic carbocycles. The third-order valence-corrected chi connectivity index (χ3v) is 4.33. The molecule has 2 nitrogen and oxygen atoms in total. The van der Waals surface area contributed by atoms with Gasteiger partial charge in [-0.2, -0.15) is 0 Å². The van der Waals surface area contributed by atoms with Crippen LogP contribution in [0, 0.1) is 6.92 Å². The van der Waals surface area contributed by atoms with E-state index in [2.05, 4.69) is 0 Å². The summed E-state index contributed by atoms with van der Waals surface area (Å²) in [4.78, 5) is 1.06. The van der Waals surface area contributed by atoms with Crippen LogP contribution < -0.4 is 0 Å². The van der Waals surface area contributed by atoms with Crippen LogP contribution in [0.3, 0.4) is 0 Å². The van der Waals surface area contributed by atoms with Gasteiger partial charge in [0.25, 0.3) is 0 Å². The van der Waals surface area contributed by atoms with Gasteiger partial charge >= 0.3 is 0 Å². The van der Waals surface area contributed by atoms with Crippen molar-refractivity contribution in [3.8, 4) is 0 Å². The van der Waals surface area contributed by atoms with Gasteiger partial charge in [0, 0.05) is 12.0 Å². The molecule has 1 unspecified atom stereocenters. The number of rotatable bonds is 3. The van der Waals surface area contributed by atoms with Gasteiger partial charge in [-0.1, -0.05) is 0 Å². The Hall–Kier alpha value is -0.380. The summed E-state index contributed by atoms with van der Waals surface area (Å²) in [5, 5.41) is 12.3. The second-order valence-corrected chi connectivity index (χ2v) is 4.94. The molecule has 1 saturated carbocycles. The summed E-state index contributed by atoms with van der Waals surface area (Å²) in [6.45, 7) is 2.04. The molecule has 1 aliphatic carbocycles. The number of ether oxygens (including phenoxy) is 1. The number of aliphatic hydroxyl groups is 1. The van der Waals surface area contributed by atoms with E-state index in [1.807, 2.05) is 18.4 Å². The maximum Gasteiger partial charge on any atom is 0.117 e. The standard InChI is InChI=1S/C11H16O2S/c1-8-4-7-14-9(8)10(12)11(13-2)5-3-6-11/h4,7,10,12H,3,5-6H2,1-2H3. The molecule has 78 valence electrons. The predicted octanol–water partition coefficient (Wildman–Crippen LogP) is 2.66. The van der Waals surface area contributed by atoms with Crippen molar-refractivity contribution in [1.82, 2.24) is 0 Å². The lowest BCUT2D eigenvalue weighted by atomic mass is 9.75. The zero-order valence-corrected chi connectivity index (χ0v) is 9.43. The smallest absolute Gasteiger partial charge is 0.117 e. The van der Waals surface area contributed by atoms with Crippen molar-refractivity contribution < 1.29 is 9.84 Å². The highest BCUT2D eigenvalue weighted by Gasteiger charge is 2.45. The molecule has 1 aromatic heterocycles. The summed E-state index contributed by atoms with van der Waals surface area (Å²) >= 11 is 1.62. The quantitative estimate of drug-likeness (QED) is 0.834. The summed E-state index contributed by atoms with van der Waals surface area (Å²) in [5.74, 6) is 0. The van der Waals surface area contributed by atoms with Crippen molar-refractivity contribution in [1.29, 1.82) is 0 Å². The highest BCUT2D eigenvalue weighted by Crippen LogP contribution is 2.46. The number of thiophene rings is 1. The first-order valence-corrected chi connectivity index (χ1v) is 5.85. The third kappa shape index (κ3) is 1.40. The minimum atomic E-state index is -0.443. The number of hydrogen-bond acceptors (Lipinski definition) is 3. The Bertz CT molecular complexity index is 309. The van der Waals surface area contributed by atoms with Crippen LogP contribution in [0.25, 0.3) is 0 Å². The maximum atomic E-state index is 10.2. The fourth-order valence-corrected chi connectivity index (χ4v) is 3.03. The molecule has 1 heterocycles. The largest absolute Gasteiger partial charge is 0.385 e. The van der Waals surface area contributed by atoms with E-state index in [1.54, 1.807) is 18.4 Å². The van der Waals surface area contributed by atoms with Gasteiger partial charge in [0.2, 0.25) is 0 Å². The van der Waals surface area contributed by atoms with Gasteiger partial charge in [0.1, 0.15) is 6.10 Å². The Morgan fingerprint density at radius 3 is 2.64 bits per heavy atom. The molecule has 0 spiro atoms. The molecule has 0 bridgehead atoms. The van der Waals surface area contributed by atoms with Crippen molar-refractivity contribution >= 4 is 11.3 Å². The summed E-state index contributed by atoms with van der Waals surface area (Å²) in [6, 6.07) is 2.05. The highest BCUT2D eigenvalue weighted by atomic mass is 32.1. The van der Waals surface area contributed by atoms with E-state index in [4.69, 9.17) is 4.74 Å². The molecule has 1 atom stereocenters. The van der Waals surface area contributed by atoms with Gasteiger partial charge < -0.3 is 9.84 Å². The van der Waals surface area contributed by atoms with Crippen molar-refractivity contribution in [2.24, 2.45) is 0 Å².